The molecule has 0 unspecified atom stereocenters. The zero-order chi connectivity index (χ0) is 50.3. The number of fused-ring (bicyclic) bond motifs is 6. The minimum atomic E-state index is -0.0658. The van der Waals surface area contributed by atoms with Gasteiger partial charge in [0.2, 0.25) is 13.4 Å². The first-order chi connectivity index (χ1) is 34.7. The Morgan fingerprint density at radius 2 is 0.681 bits per heavy atom. The second-order valence-electron chi connectivity index (χ2n) is 22.8. The Hall–Kier alpha value is -6.71. The quantitative estimate of drug-likeness (QED) is 0.127. The number of hydrogen-bond donors (Lipinski definition) is 0. The van der Waals surface area contributed by atoms with Crippen LogP contribution in [0, 0.1) is 0 Å². The molecule has 0 spiro atoms. The molecule has 8 aromatic carbocycles. The van der Waals surface area contributed by atoms with Crippen LogP contribution in [-0.2, 0) is 6.42 Å². The maximum absolute atomic E-state index is 6.64. The Bertz CT molecular complexity index is 3080. The van der Waals surface area contributed by atoms with E-state index in [0.29, 0.717) is 35.5 Å². The van der Waals surface area contributed by atoms with Crippen LogP contribution in [0.25, 0.3) is 0 Å². The second-order valence-corrected chi connectivity index (χ2v) is 22.8. The van der Waals surface area contributed by atoms with E-state index in [4.69, 9.17) is 4.74 Å². The van der Waals surface area contributed by atoms with Gasteiger partial charge in [-0.1, -0.05) is 213 Å². The fourth-order valence-electron chi connectivity index (χ4n) is 12.4. The van der Waals surface area contributed by atoms with Crippen LogP contribution in [0.3, 0.4) is 0 Å². The van der Waals surface area contributed by atoms with Crippen molar-refractivity contribution in [1.82, 2.24) is 0 Å². The maximum atomic E-state index is 6.64. The van der Waals surface area contributed by atoms with Gasteiger partial charge in [-0.05, 0) is 141 Å². The number of anilines is 6. The highest BCUT2D eigenvalue weighted by Gasteiger charge is 2.44. The summed E-state index contributed by atoms with van der Waals surface area (Å²) >= 11 is 0. The molecule has 11 rings (SSSR count). The van der Waals surface area contributed by atoms with Crippen molar-refractivity contribution in [3.05, 3.63) is 202 Å². The topological polar surface area (TPSA) is 15.7 Å². The molecule has 360 valence electrons. The van der Waals surface area contributed by atoms with Crippen molar-refractivity contribution in [2.45, 2.75) is 125 Å². The van der Waals surface area contributed by atoms with Crippen LogP contribution >= 0.6 is 0 Å². The summed E-state index contributed by atoms with van der Waals surface area (Å²) in [4.78, 5) is 5.00. The summed E-state index contributed by atoms with van der Waals surface area (Å²) in [5.74, 6) is 3.80. The van der Waals surface area contributed by atoms with Gasteiger partial charge >= 0.3 is 0 Å². The Morgan fingerprint density at radius 1 is 0.347 bits per heavy atom. The molecule has 0 atom stereocenters. The van der Waals surface area contributed by atoms with Gasteiger partial charge in [0.25, 0.3) is 0 Å². The molecule has 0 amide bonds. The van der Waals surface area contributed by atoms with E-state index in [0.717, 1.165) is 35.0 Å². The zero-order valence-electron chi connectivity index (χ0n) is 44.6. The largest absolute Gasteiger partial charge is 0.453 e. The molecule has 3 aliphatic heterocycles. The lowest BCUT2D eigenvalue weighted by atomic mass is 9.20. The SMILES string of the molecule is CC(C)c1cc(C(C)C)c(B2c3ccc(N4c5ccccc5Cc5ccccc54)cc3B(c3c(C(C)C)cc(C(C)C)cc3C(C)C)c3cc(N4c5ccccc5Oc5ccccc54)ccc32)c(C(C)C)c1. The normalized spacial score (nSPS) is 13.7. The highest BCUT2D eigenvalue weighted by Crippen LogP contribution is 2.50. The van der Waals surface area contributed by atoms with Crippen molar-refractivity contribution in [3.8, 4) is 11.5 Å². The number of para-hydroxylation sites is 6. The molecule has 0 N–H and O–H groups in total. The van der Waals surface area contributed by atoms with Gasteiger partial charge in [-0.3, -0.25) is 0 Å². The summed E-state index contributed by atoms with van der Waals surface area (Å²) in [7, 11) is 0. The van der Waals surface area contributed by atoms with Crippen molar-refractivity contribution in [1.29, 1.82) is 0 Å². The van der Waals surface area contributed by atoms with E-state index in [2.05, 4.69) is 251 Å². The van der Waals surface area contributed by atoms with E-state index in [9.17, 15) is 0 Å². The lowest BCUT2D eigenvalue weighted by molar-refractivity contribution is 0.477. The smallest absolute Gasteiger partial charge is 0.240 e. The van der Waals surface area contributed by atoms with Crippen LogP contribution in [0.1, 0.15) is 163 Å². The lowest BCUT2D eigenvalue weighted by Gasteiger charge is -2.40. The average Bonchev–Trinajstić information content (AvgIpc) is 3.37. The van der Waals surface area contributed by atoms with Crippen LogP contribution < -0.4 is 47.3 Å². The highest BCUT2D eigenvalue weighted by atomic mass is 16.5. The molecular formula is C67H70B2N2O. The summed E-state index contributed by atoms with van der Waals surface area (Å²) in [6, 6.07) is 60.5. The van der Waals surface area contributed by atoms with Crippen LogP contribution in [0.15, 0.2) is 158 Å². The fraction of sp³-hybridized carbons (Fsp3) is 0.284. The molecule has 0 radical (unpaired) electrons. The molecule has 5 heteroatoms. The highest BCUT2D eigenvalue weighted by molar-refractivity contribution is 7.11. The van der Waals surface area contributed by atoms with Gasteiger partial charge < -0.3 is 14.5 Å². The zero-order valence-corrected chi connectivity index (χ0v) is 44.6. The third kappa shape index (κ3) is 7.99. The predicted molar refractivity (Wildman–Crippen MR) is 312 cm³/mol. The van der Waals surface area contributed by atoms with Crippen LogP contribution in [0.2, 0.25) is 0 Å². The number of benzene rings is 8. The lowest BCUT2D eigenvalue weighted by Crippen LogP contribution is -2.76. The first-order valence-electron chi connectivity index (χ1n) is 26.9. The summed E-state index contributed by atoms with van der Waals surface area (Å²) < 4.78 is 6.64. The first-order valence-corrected chi connectivity index (χ1v) is 26.9. The maximum Gasteiger partial charge on any atom is 0.240 e. The van der Waals surface area contributed by atoms with E-state index in [1.807, 2.05) is 0 Å². The van der Waals surface area contributed by atoms with Gasteiger partial charge in [-0.2, -0.15) is 0 Å². The molecule has 3 nitrogen and oxygen atoms in total. The molecule has 0 aliphatic carbocycles. The third-order valence-electron chi connectivity index (χ3n) is 16.1. The van der Waals surface area contributed by atoms with Crippen molar-refractivity contribution in [3.63, 3.8) is 0 Å². The Kier molecular flexibility index (Phi) is 12.4. The summed E-state index contributed by atoms with van der Waals surface area (Å²) in [5.41, 5.74) is 26.8. The van der Waals surface area contributed by atoms with Crippen molar-refractivity contribution in [2.24, 2.45) is 0 Å². The van der Waals surface area contributed by atoms with Crippen LogP contribution in [-0.4, -0.2) is 13.4 Å². The molecule has 0 fully saturated rings. The average molecular weight is 941 g/mol. The minimum absolute atomic E-state index is 0.00418. The molecule has 0 aromatic heterocycles. The van der Waals surface area contributed by atoms with E-state index in [-0.39, 0.29) is 13.4 Å². The Balaban J connectivity index is 1.29. The molecule has 72 heavy (non-hydrogen) atoms. The van der Waals surface area contributed by atoms with Crippen molar-refractivity contribution in [2.75, 3.05) is 9.80 Å². The van der Waals surface area contributed by atoms with Crippen molar-refractivity contribution < 1.29 is 4.74 Å². The van der Waals surface area contributed by atoms with Crippen LogP contribution in [0.5, 0.6) is 11.5 Å². The van der Waals surface area contributed by atoms with Gasteiger partial charge in [-0.15, -0.1) is 0 Å². The third-order valence-corrected chi connectivity index (χ3v) is 16.1. The van der Waals surface area contributed by atoms with Gasteiger partial charge in [-0.25, -0.2) is 0 Å². The van der Waals surface area contributed by atoms with E-state index in [1.54, 1.807) is 0 Å². The molecule has 8 aromatic rings. The standard InChI is InChI=1S/C67H70B2N2O/c1-40(2)48-34-52(42(5)6)66(53(35-48)43(7)8)68-56-31-29-50(70-60-23-15-13-21-46(60)33-47-22-14-16-24-61(47)70)38-58(56)69(67-54(44(9)10)36-49(41(3)4)37-55(67)45(11)12)59-39-51(30-32-57(59)68)71-62-25-17-19-27-64(62)72-65-28-20-18-26-63(65)71/h13-32,34-45H,33H2,1-12H3. The number of rotatable bonds is 10. The molecule has 0 saturated heterocycles. The van der Waals surface area contributed by atoms with E-state index in [1.165, 1.54) is 94.3 Å². The van der Waals surface area contributed by atoms with Crippen molar-refractivity contribution >= 4 is 80.3 Å². The molecule has 3 heterocycles. The number of hydrogen-bond acceptors (Lipinski definition) is 3. The van der Waals surface area contributed by atoms with E-state index >= 15 is 0 Å². The molecule has 0 bridgehead atoms. The monoisotopic (exact) mass is 941 g/mol. The van der Waals surface area contributed by atoms with Gasteiger partial charge in [0.05, 0.1) is 11.4 Å². The van der Waals surface area contributed by atoms with E-state index < -0.39 is 0 Å². The Labute approximate surface area is 431 Å². The predicted octanol–water partition coefficient (Wildman–Crippen LogP) is 14.7. The summed E-state index contributed by atoms with van der Waals surface area (Å²) in [6.45, 7) is 28.6. The van der Waals surface area contributed by atoms with Gasteiger partial charge in [0.1, 0.15) is 0 Å². The summed E-state index contributed by atoms with van der Waals surface area (Å²) in [6.07, 6.45) is 0.919. The van der Waals surface area contributed by atoms with Gasteiger partial charge in [0.15, 0.2) is 11.5 Å². The summed E-state index contributed by atoms with van der Waals surface area (Å²) in [5, 5.41) is 0. The first kappa shape index (κ1) is 47.6. The fourth-order valence-corrected chi connectivity index (χ4v) is 12.4. The second kappa shape index (κ2) is 18.7. The minimum Gasteiger partial charge on any atom is -0.453 e. The number of ether oxygens (including phenoxy) is 1. The Morgan fingerprint density at radius 3 is 1.06 bits per heavy atom. The van der Waals surface area contributed by atoms with Gasteiger partial charge in [0, 0.05) is 29.2 Å². The molecule has 0 saturated carbocycles. The molecule has 3 aliphatic rings. The number of nitrogens with zero attached hydrogens (tertiary/aromatic N) is 2. The molecular weight excluding hydrogens is 870 g/mol. The van der Waals surface area contributed by atoms with Crippen LogP contribution in [0.4, 0.5) is 34.1 Å².